The first-order valence-electron chi connectivity index (χ1n) is 11.9. The van der Waals surface area contributed by atoms with Crippen LogP contribution in [-0.2, 0) is 0 Å². The number of fused-ring (bicyclic) bond motifs is 1. The number of aliphatic hydroxyl groups is 1. The SMILES string of the molecule is CCCC(C)Nc1ncc2c(OC3CCC(O)CC3)ncc(C3CCCCC3)c2n1. The van der Waals surface area contributed by atoms with Crippen molar-refractivity contribution in [2.45, 2.75) is 109 Å². The largest absolute Gasteiger partial charge is 0.474 e. The molecule has 2 aliphatic carbocycles. The molecule has 30 heavy (non-hydrogen) atoms. The molecule has 0 amide bonds. The first-order chi connectivity index (χ1) is 14.6. The number of anilines is 1. The fourth-order valence-electron chi connectivity index (χ4n) is 4.94. The van der Waals surface area contributed by atoms with E-state index in [9.17, 15) is 5.11 Å². The van der Waals surface area contributed by atoms with Crippen molar-refractivity contribution in [1.29, 1.82) is 0 Å². The Hall–Kier alpha value is -1.95. The first-order valence-corrected chi connectivity index (χ1v) is 11.9. The van der Waals surface area contributed by atoms with E-state index in [0.29, 0.717) is 23.8 Å². The van der Waals surface area contributed by atoms with E-state index in [-0.39, 0.29) is 12.2 Å². The summed E-state index contributed by atoms with van der Waals surface area (Å²) >= 11 is 0. The van der Waals surface area contributed by atoms with E-state index in [1.165, 1.54) is 37.7 Å². The summed E-state index contributed by atoms with van der Waals surface area (Å²) in [5.41, 5.74) is 2.23. The molecular weight excluding hydrogens is 376 g/mol. The molecule has 0 aromatic carbocycles. The molecule has 6 nitrogen and oxygen atoms in total. The molecule has 1 unspecified atom stereocenters. The van der Waals surface area contributed by atoms with E-state index in [1.807, 2.05) is 12.4 Å². The molecule has 164 valence electrons. The number of rotatable bonds is 7. The molecule has 2 heterocycles. The Morgan fingerprint density at radius 1 is 1.07 bits per heavy atom. The fraction of sp³-hybridized carbons (Fsp3) is 0.708. The zero-order valence-corrected chi connectivity index (χ0v) is 18.4. The summed E-state index contributed by atoms with van der Waals surface area (Å²) in [5.74, 6) is 1.85. The van der Waals surface area contributed by atoms with Crippen LogP contribution in [0.5, 0.6) is 5.88 Å². The van der Waals surface area contributed by atoms with E-state index in [0.717, 1.165) is 49.4 Å². The number of hydrogen-bond donors (Lipinski definition) is 2. The summed E-state index contributed by atoms with van der Waals surface area (Å²) in [6.07, 6.45) is 15.6. The highest BCUT2D eigenvalue weighted by Crippen LogP contribution is 2.38. The maximum Gasteiger partial charge on any atom is 0.224 e. The summed E-state index contributed by atoms with van der Waals surface area (Å²) in [5, 5.41) is 14.2. The number of aliphatic hydroxyl groups excluding tert-OH is 1. The van der Waals surface area contributed by atoms with Crippen LogP contribution in [0.2, 0.25) is 0 Å². The molecule has 0 radical (unpaired) electrons. The number of pyridine rings is 1. The minimum Gasteiger partial charge on any atom is -0.474 e. The number of nitrogens with one attached hydrogen (secondary N) is 1. The predicted octanol–water partition coefficient (Wildman–Crippen LogP) is 5.36. The normalized spacial score (nSPS) is 24.0. The third kappa shape index (κ3) is 5.02. The summed E-state index contributed by atoms with van der Waals surface area (Å²) < 4.78 is 6.30. The Morgan fingerprint density at radius 2 is 1.83 bits per heavy atom. The van der Waals surface area contributed by atoms with Gasteiger partial charge in [0.15, 0.2) is 0 Å². The van der Waals surface area contributed by atoms with Gasteiger partial charge in [0.2, 0.25) is 11.8 Å². The molecule has 1 atom stereocenters. The van der Waals surface area contributed by atoms with Gasteiger partial charge in [0.1, 0.15) is 6.10 Å². The molecule has 4 rings (SSSR count). The van der Waals surface area contributed by atoms with E-state index in [1.54, 1.807) is 0 Å². The third-order valence-corrected chi connectivity index (χ3v) is 6.68. The maximum absolute atomic E-state index is 9.79. The van der Waals surface area contributed by atoms with Gasteiger partial charge in [-0.1, -0.05) is 32.6 Å². The van der Waals surface area contributed by atoms with Crippen LogP contribution < -0.4 is 10.1 Å². The van der Waals surface area contributed by atoms with E-state index in [4.69, 9.17) is 14.7 Å². The van der Waals surface area contributed by atoms with Crippen molar-refractivity contribution in [3.8, 4) is 5.88 Å². The Balaban J connectivity index is 1.65. The van der Waals surface area contributed by atoms with Crippen LogP contribution in [0.3, 0.4) is 0 Å². The highest BCUT2D eigenvalue weighted by atomic mass is 16.5. The van der Waals surface area contributed by atoms with E-state index >= 15 is 0 Å². The van der Waals surface area contributed by atoms with E-state index < -0.39 is 0 Å². The summed E-state index contributed by atoms with van der Waals surface area (Å²) in [4.78, 5) is 14.3. The molecule has 2 fully saturated rings. The average molecular weight is 413 g/mol. The Bertz CT molecular complexity index is 829. The highest BCUT2D eigenvalue weighted by molar-refractivity contribution is 5.86. The fourth-order valence-corrected chi connectivity index (χ4v) is 4.94. The lowest BCUT2D eigenvalue weighted by molar-refractivity contribution is 0.0651. The van der Waals surface area contributed by atoms with Crippen LogP contribution in [0.25, 0.3) is 10.9 Å². The van der Waals surface area contributed by atoms with Crippen molar-refractivity contribution < 1.29 is 9.84 Å². The van der Waals surface area contributed by atoms with Crippen molar-refractivity contribution in [3.05, 3.63) is 18.0 Å². The lowest BCUT2D eigenvalue weighted by Gasteiger charge is -2.27. The Morgan fingerprint density at radius 3 is 2.57 bits per heavy atom. The van der Waals surface area contributed by atoms with Gasteiger partial charge in [0, 0.05) is 24.0 Å². The van der Waals surface area contributed by atoms with Crippen molar-refractivity contribution in [1.82, 2.24) is 15.0 Å². The monoisotopic (exact) mass is 412 g/mol. The minimum absolute atomic E-state index is 0.104. The molecule has 2 N–H and O–H groups in total. The second-order valence-corrected chi connectivity index (χ2v) is 9.19. The Kier molecular flexibility index (Phi) is 7.03. The zero-order chi connectivity index (χ0) is 20.9. The van der Waals surface area contributed by atoms with Crippen molar-refractivity contribution >= 4 is 16.9 Å². The number of nitrogens with zero attached hydrogens (tertiary/aromatic N) is 3. The lowest BCUT2D eigenvalue weighted by Crippen LogP contribution is -2.27. The second kappa shape index (κ2) is 9.90. The summed E-state index contributed by atoms with van der Waals surface area (Å²) in [6, 6.07) is 0.344. The third-order valence-electron chi connectivity index (χ3n) is 6.68. The smallest absolute Gasteiger partial charge is 0.224 e. The molecular formula is C24H36N4O2. The molecule has 2 aromatic rings. The van der Waals surface area contributed by atoms with Gasteiger partial charge in [-0.05, 0) is 57.8 Å². The van der Waals surface area contributed by atoms with Crippen LogP contribution in [0.15, 0.2) is 12.4 Å². The van der Waals surface area contributed by atoms with Crippen LogP contribution >= 0.6 is 0 Å². The Labute approximate surface area is 179 Å². The van der Waals surface area contributed by atoms with Crippen molar-refractivity contribution in [3.63, 3.8) is 0 Å². The van der Waals surface area contributed by atoms with Crippen molar-refractivity contribution in [2.75, 3.05) is 5.32 Å². The van der Waals surface area contributed by atoms with Crippen molar-refractivity contribution in [2.24, 2.45) is 0 Å². The molecule has 2 aromatic heterocycles. The van der Waals surface area contributed by atoms with E-state index in [2.05, 4.69) is 24.1 Å². The molecule has 0 bridgehead atoms. The minimum atomic E-state index is -0.190. The molecule has 2 aliphatic rings. The predicted molar refractivity (Wildman–Crippen MR) is 120 cm³/mol. The quantitative estimate of drug-likeness (QED) is 0.638. The topological polar surface area (TPSA) is 80.2 Å². The molecule has 0 saturated heterocycles. The molecule has 6 heteroatoms. The van der Waals surface area contributed by atoms with Gasteiger partial charge >= 0.3 is 0 Å². The summed E-state index contributed by atoms with van der Waals surface area (Å²) in [7, 11) is 0. The van der Waals surface area contributed by atoms with Gasteiger partial charge < -0.3 is 15.2 Å². The average Bonchev–Trinajstić information content (AvgIpc) is 2.76. The van der Waals surface area contributed by atoms with Gasteiger partial charge in [0.25, 0.3) is 0 Å². The summed E-state index contributed by atoms with van der Waals surface area (Å²) in [6.45, 7) is 4.37. The van der Waals surface area contributed by atoms with Gasteiger partial charge in [-0.25, -0.2) is 15.0 Å². The van der Waals surface area contributed by atoms with Gasteiger partial charge in [-0.3, -0.25) is 0 Å². The van der Waals surface area contributed by atoms with Gasteiger partial charge in [0.05, 0.1) is 17.0 Å². The standard InChI is InChI=1S/C24H36N4O2/c1-3-7-16(2)27-24-26-15-21-22(28-24)20(17-8-5-4-6-9-17)14-25-23(21)30-19-12-10-18(29)11-13-19/h14-19,29H,3-13H2,1-2H3,(H,26,27,28). The second-order valence-electron chi connectivity index (χ2n) is 9.19. The van der Waals surface area contributed by atoms with Crippen LogP contribution in [0, 0.1) is 0 Å². The lowest BCUT2D eigenvalue weighted by atomic mass is 9.84. The molecule has 0 spiro atoms. The maximum atomic E-state index is 9.79. The zero-order valence-electron chi connectivity index (χ0n) is 18.4. The van der Waals surface area contributed by atoms with Crippen LogP contribution in [0.1, 0.15) is 96.0 Å². The van der Waals surface area contributed by atoms with Crippen LogP contribution in [0.4, 0.5) is 5.95 Å². The number of ether oxygens (including phenoxy) is 1. The molecule has 0 aliphatic heterocycles. The number of aromatic nitrogens is 3. The van der Waals surface area contributed by atoms with Crippen LogP contribution in [-0.4, -0.2) is 38.3 Å². The number of hydrogen-bond acceptors (Lipinski definition) is 6. The van der Waals surface area contributed by atoms with Gasteiger partial charge in [-0.2, -0.15) is 0 Å². The highest BCUT2D eigenvalue weighted by Gasteiger charge is 2.25. The van der Waals surface area contributed by atoms with Gasteiger partial charge in [-0.15, -0.1) is 0 Å². The first kappa shape index (κ1) is 21.3. The molecule has 2 saturated carbocycles.